The highest BCUT2D eigenvalue weighted by atomic mass is 79.9. The number of anilines is 1. The van der Waals surface area contributed by atoms with Crippen LogP contribution in [-0.2, 0) is 11.4 Å². The summed E-state index contributed by atoms with van der Waals surface area (Å²) in [4.78, 5) is 23.4. The quantitative estimate of drug-likeness (QED) is 0.258. The number of carboxylic acid groups (broad SMARTS) is 1. The predicted octanol–water partition coefficient (Wildman–Crippen LogP) is 6.58. The number of benzene rings is 3. The van der Waals surface area contributed by atoms with Gasteiger partial charge in [0.1, 0.15) is 18.2 Å². The molecule has 9 heteroatoms. The van der Waals surface area contributed by atoms with E-state index in [2.05, 4.69) is 21.2 Å². The van der Waals surface area contributed by atoms with Gasteiger partial charge in [-0.15, -0.1) is 0 Å². The van der Waals surface area contributed by atoms with Gasteiger partial charge in [-0.2, -0.15) is 5.26 Å². The number of hydrogen-bond donors (Lipinski definition) is 2. The Kier molecular flexibility index (Phi) is 8.12. The lowest BCUT2D eigenvalue weighted by molar-refractivity contribution is -0.112. The number of rotatable bonds is 7. The molecule has 6 nitrogen and oxygen atoms in total. The molecule has 0 radical (unpaired) electrons. The average molecular weight is 546 g/mol. The van der Waals surface area contributed by atoms with Crippen molar-refractivity contribution in [2.75, 3.05) is 5.32 Å². The van der Waals surface area contributed by atoms with Crippen LogP contribution in [0.4, 0.5) is 5.69 Å². The van der Waals surface area contributed by atoms with Gasteiger partial charge < -0.3 is 15.2 Å². The number of carbonyl (C=O) groups is 2. The first-order valence-electron chi connectivity index (χ1n) is 9.40. The minimum Gasteiger partial charge on any atom is -0.486 e. The molecule has 33 heavy (non-hydrogen) atoms. The number of carboxylic acids is 1. The molecule has 0 bridgehead atoms. The minimum absolute atomic E-state index is 0.0837. The van der Waals surface area contributed by atoms with Crippen molar-refractivity contribution in [2.24, 2.45) is 0 Å². The van der Waals surface area contributed by atoms with Crippen LogP contribution < -0.4 is 10.1 Å². The molecule has 0 saturated carbocycles. The third-order valence-electron chi connectivity index (χ3n) is 4.42. The van der Waals surface area contributed by atoms with Crippen LogP contribution >= 0.6 is 39.1 Å². The second kappa shape index (κ2) is 11.0. The fraction of sp³-hybridized carbons (Fsp3) is 0.0417. The zero-order chi connectivity index (χ0) is 24.0. The van der Waals surface area contributed by atoms with Gasteiger partial charge in [0.05, 0.1) is 15.1 Å². The Morgan fingerprint density at radius 1 is 1.09 bits per heavy atom. The first kappa shape index (κ1) is 24.3. The van der Waals surface area contributed by atoms with E-state index in [1.165, 1.54) is 30.3 Å². The fourth-order valence-corrected chi connectivity index (χ4v) is 3.96. The molecule has 0 fully saturated rings. The molecule has 3 rings (SSSR count). The summed E-state index contributed by atoms with van der Waals surface area (Å²) in [5, 5.41) is 21.8. The molecule has 0 unspecified atom stereocenters. The van der Waals surface area contributed by atoms with E-state index in [0.29, 0.717) is 26.5 Å². The smallest absolute Gasteiger partial charge is 0.335 e. The summed E-state index contributed by atoms with van der Waals surface area (Å²) in [6.45, 7) is 0.208. The summed E-state index contributed by atoms with van der Waals surface area (Å²) in [5.41, 5.74) is 1.58. The van der Waals surface area contributed by atoms with Crippen molar-refractivity contribution in [3.8, 4) is 11.8 Å². The maximum atomic E-state index is 12.5. The SMILES string of the molecule is N#C/C(=C\c1cc(Cl)c(OCc2ccccc2Cl)c(Br)c1)C(=O)Nc1ccc(C(=O)O)cc1. The second-order valence-electron chi connectivity index (χ2n) is 6.70. The van der Waals surface area contributed by atoms with Crippen LogP contribution in [0.2, 0.25) is 10.0 Å². The molecule has 0 aromatic heterocycles. The van der Waals surface area contributed by atoms with E-state index in [9.17, 15) is 14.9 Å². The number of hydrogen-bond acceptors (Lipinski definition) is 4. The van der Waals surface area contributed by atoms with Gasteiger partial charge in [0.15, 0.2) is 5.75 Å². The number of aromatic carboxylic acids is 1. The van der Waals surface area contributed by atoms with Crippen LogP contribution in [0.3, 0.4) is 0 Å². The minimum atomic E-state index is -1.08. The Morgan fingerprint density at radius 3 is 2.39 bits per heavy atom. The second-order valence-corrected chi connectivity index (χ2v) is 8.37. The number of carbonyl (C=O) groups excluding carboxylic acids is 1. The topological polar surface area (TPSA) is 99.4 Å². The van der Waals surface area contributed by atoms with Gasteiger partial charge in [-0.1, -0.05) is 41.4 Å². The zero-order valence-electron chi connectivity index (χ0n) is 16.8. The highest BCUT2D eigenvalue weighted by Gasteiger charge is 2.14. The number of nitrogens with zero attached hydrogens (tertiary/aromatic N) is 1. The first-order valence-corrected chi connectivity index (χ1v) is 10.9. The van der Waals surface area contributed by atoms with E-state index in [-0.39, 0.29) is 22.8 Å². The lowest BCUT2D eigenvalue weighted by atomic mass is 10.1. The Hall–Kier alpha value is -3.31. The molecule has 0 heterocycles. The summed E-state index contributed by atoms with van der Waals surface area (Å²) in [5.74, 6) is -1.32. The number of nitriles is 1. The van der Waals surface area contributed by atoms with Crippen molar-refractivity contribution in [1.82, 2.24) is 0 Å². The summed E-state index contributed by atoms with van der Waals surface area (Å²) < 4.78 is 6.34. The fourth-order valence-electron chi connectivity index (χ4n) is 2.78. The number of amides is 1. The molecular formula is C24H15BrCl2N2O4. The van der Waals surface area contributed by atoms with E-state index in [1.807, 2.05) is 24.3 Å². The van der Waals surface area contributed by atoms with Gasteiger partial charge in [0.2, 0.25) is 0 Å². The lowest BCUT2D eigenvalue weighted by Crippen LogP contribution is -2.13. The molecule has 0 atom stereocenters. The molecule has 0 spiro atoms. The van der Waals surface area contributed by atoms with Crippen LogP contribution in [-0.4, -0.2) is 17.0 Å². The molecule has 3 aromatic rings. The van der Waals surface area contributed by atoms with Crippen LogP contribution in [0.1, 0.15) is 21.5 Å². The van der Waals surface area contributed by atoms with Crippen LogP contribution in [0.25, 0.3) is 6.08 Å². The number of nitrogens with one attached hydrogen (secondary N) is 1. The largest absolute Gasteiger partial charge is 0.486 e. The Labute approximate surface area is 208 Å². The summed E-state index contributed by atoms with van der Waals surface area (Å²) >= 11 is 15.9. The van der Waals surface area contributed by atoms with Gasteiger partial charge in [-0.05, 0) is 70.0 Å². The predicted molar refractivity (Wildman–Crippen MR) is 131 cm³/mol. The summed E-state index contributed by atoms with van der Waals surface area (Å²) in [6.07, 6.45) is 1.38. The normalized spacial score (nSPS) is 10.9. The van der Waals surface area contributed by atoms with Gasteiger partial charge in [-0.3, -0.25) is 4.79 Å². The Balaban J connectivity index is 1.76. The summed E-state index contributed by atoms with van der Waals surface area (Å²) in [6, 6.07) is 18.0. The lowest BCUT2D eigenvalue weighted by Gasteiger charge is -2.12. The van der Waals surface area contributed by atoms with Crippen molar-refractivity contribution in [3.05, 3.63) is 97.4 Å². The molecule has 3 aromatic carbocycles. The van der Waals surface area contributed by atoms with Crippen molar-refractivity contribution < 1.29 is 19.4 Å². The van der Waals surface area contributed by atoms with Crippen molar-refractivity contribution in [1.29, 1.82) is 5.26 Å². The Morgan fingerprint density at radius 2 is 1.79 bits per heavy atom. The standard InChI is InChI=1S/C24H15BrCl2N2O4/c25-19-10-14(11-21(27)22(19)33-13-16-3-1-2-4-20(16)26)9-17(12-28)23(30)29-18-7-5-15(6-8-18)24(31)32/h1-11H,13H2,(H,29,30)(H,31,32)/b17-9+. The molecule has 0 aliphatic rings. The van der Waals surface area contributed by atoms with Crippen LogP contribution in [0.5, 0.6) is 5.75 Å². The first-order chi connectivity index (χ1) is 15.8. The molecule has 0 aliphatic heterocycles. The molecule has 2 N–H and O–H groups in total. The van der Waals surface area contributed by atoms with Gasteiger partial charge in [-0.25, -0.2) is 4.79 Å². The zero-order valence-corrected chi connectivity index (χ0v) is 19.9. The Bertz CT molecular complexity index is 1260. The van der Waals surface area contributed by atoms with Crippen LogP contribution in [0.15, 0.2) is 70.7 Å². The third-order valence-corrected chi connectivity index (χ3v) is 5.65. The highest BCUT2D eigenvalue weighted by Crippen LogP contribution is 2.36. The monoisotopic (exact) mass is 544 g/mol. The van der Waals surface area contributed by atoms with Crippen molar-refractivity contribution in [3.63, 3.8) is 0 Å². The molecule has 166 valence electrons. The van der Waals surface area contributed by atoms with E-state index in [4.69, 9.17) is 33.0 Å². The maximum absolute atomic E-state index is 12.5. The van der Waals surface area contributed by atoms with E-state index < -0.39 is 11.9 Å². The third kappa shape index (κ3) is 6.36. The molecule has 0 aliphatic carbocycles. The molecule has 0 saturated heterocycles. The maximum Gasteiger partial charge on any atom is 0.335 e. The molecule has 1 amide bonds. The summed E-state index contributed by atoms with van der Waals surface area (Å²) in [7, 11) is 0. The van der Waals surface area contributed by atoms with Gasteiger partial charge >= 0.3 is 5.97 Å². The number of halogens is 3. The highest BCUT2D eigenvalue weighted by molar-refractivity contribution is 9.10. The molecular weight excluding hydrogens is 531 g/mol. The van der Waals surface area contributed by atoms with Crippen LogP contribution in [0, 0.1) is 11.3 Å². The van der Waals surface area contributed by atoms with Gasteiger partial charge in [0.25, 0.3) is 5.91 Å². The van der Waals surface area contributed by atoms with Gasteiger partial charge in [0, 0.05) is 16.3 Å². The van der Waals surface area contributed by atoms with E-state index >= 15 is 0 Å². The van der Waals surface area contributed by atoms with Crippen molar-refractivity contribution >= 4 is 62.8 Å². The van der Waals surface area contributed by atoms with E-state index in [0.717, 1.165) is 5.56 Å². The van der Waals surface area contributed by atoms with E-state index in [1.54, 1.807) is 18.2 Å². The van der Waals surface area contributed by atoms with Crippen molar-refractivity contribution in [2.45, 2.75) is 6.61 Å². The average Bonchev–Trinajstić information content (AvgIpc) is 2.78. The number of ether oxygens (including phenoxy) is 1.